The smallest absolute Gasteiger partial charge is 0.214 e. The number of nitrogens with zero attached hydrogens (tertiary/aromatic N) is 1. The highest BCUT2D eigenvalue weighted by atomic mass is 79.9. The van der Waals surface area contributed by atoms with Crippen LogP contribution in [0.1, 0.15) is 21.6 Å². The molecular weight excluding hydrogens is 321 g/mol. The van der Waals surface area contributed by atoms with E-state index in [1.807, 2.05) is 6.92 Å². The largest absolute Gasteiger partial charge is 0.287 e. The van der Waals surface area contributed by atoms with E-state index in [2.05, 4.69) is 20.9 Å². The molecule has 1 aromatic heterocycles. The van der Waals surface area contributed by atoms with Gasteiger partial charge in [-0.15, -0.1) is 0 Å². The van der Waals surface area contributed by atoms with Crippen LogP contribution in [0.2, 0.25) is 5.02 Å². The molecule has 2 nitrogen and oxygen atoms in total. The second-order valence-electron chi connectivity index (χ2n) is 3.77. The average Bonchev–Trinajstić information content (AvgIpc) is 2.35. The Labute approximate surface area is 117 Å². The molecule has 0 bridgehead atoms. The Morgan fingerprint density at radius 1 is 1.39 bits per heavy atom. The normalized spacial score (nSPS) is 10.4. The van der Waals surface area contributed by atoms with Crippen molar-refractivity contribution in [1.29, 1.82) is 0 Å². The van der Waals surface area contributed by atoms with Crippen LogP contribution in [0.25, 0.3) is 0 Å². The molecular formula is C13H8BrClFNO. The maximum atomic E-state index is 13.9. The van der Waals surface area contributed by atoms with Crippen LogP contribution in [0.15, 0.2) is 34.9 Å². The van der Waals surface area contributed by atoms with E-state index in [-0.39, 0.29) is 16.3 Å². The number of carbonyl (C=O) groups excluding carboxylic acids is 1. The first kappa shape index (κ1) is 13.2. The quantitative estimate of drug-likeness (QED) is 0.611. The number of pyridine rings is 1. The summed E-state index contributed by atoms with van der Waals surface area (Å²) >= 11 is 8.85. The number of carbonyl (C=O) groups is 1. The maximum Gasteiger partial charge on any atom is 0.214 e. The molecule has 0 unspecified atom stereocenters. The fraction of sp³-hybridized carbons (Fsp3) is 0.0769. The SMILES string of the molecule is Cc1ccnc(C(=O)c2ccc(Br)c(Cl)c2F)c1. The number of ketones is 1. The zero-order chi connectivity index (χ0) is 13.3. The molecule has 1 aromatic carbocycles. The lowest BCUT2D eigenvalue weighted by molar-refractivity contribution is 0.103. The third-order valence-electron chi connectivity index (χ3n) is 2.43. The predicted molar refractivity (Wildman–Crippen MR) is 71.5 cm³/mol. The summed E-state index contributed by atoms with van der Waals surface area (Å²) in [6, 6.07) is 6.30. The molecule has 0 spiro atoms. The summed E-state index contributed by atoms with van der Waals surface area (Å²) in [6.07, 6.45) is 1.51. The molecule has 0 fully saturated rings. The highest BCUT2D eigenvalue weighted by Gasteiger charge is 2.18. The van der Waals surface area contributed by atoms with E-state index in [1.54, 1.807) is 12.1 Å². The van der Waals surface area contributed by atoms with E-state index in [1.165, 1.54) is 18.3 Å². The van der Waals surface area contributed by atoms with Gasteiger partial charge in [0.1, 0.15) is 5.69 Å². The number of aromatic nitrogens is 1. The zero-order valence-electron chi connectivity index (χ0n) is 9.38. The van der Waals surface area contributed by atoms with E-state index in [9.17, 15) is 9.18 Å². The summed E-state index contributed by atoms with van der Waals surface area (Å²) in [6.45, 7) is 1.84. The minimum absolute atomic E-state index is 0.0821. The topological polar surface area (TPSA) is 30.0 Å². The van der Waals surface area contributed by atoms with Gasteiger partial charge in [-0.1, -0.05) is 11.6 Å². The van der Waals surface area contributed by atoms with Crippen molar-refractivity contribution in [1.82, 2.24) is 4.98 Å². The van der Waals surface area contributed by atoms with Gasteiger partial charge in [-0.3, -0.25) is 9.78 Å². The molecule has 1 heterocycles. The molecule has 0 aliphatic rings. The molecule has 0 aliphatic carbocycles. The predicted octanol–water partition coefficient (Wildman–Crippen LogP) is 4.18. The van der Waals surface area contributed by atoms with Gasteiger partial charge in [-0.2, -0.15) is 0 Å². The summed E-state index contributed by atoms with van der Waals surface area (Å²) < 4.78 is 14.3. The number of aryl methyl sites for hydroxylation is 1. The van der Waals surface area contributed by atoms with Gasteiger partial charge >= 0.3 is 0 Å². The van der Waals surface area contributed by atoms with Crippen LogP contribution in [0, 0.1) is 12.7 Å². The van der Waals surface area contributed by atoms with Crippen molar-refractivity contribution in [2.45, 2.75) is 6.92 Å². The lowest BCUT2D eigenvalue weighted by Crippen LogP contribution is -2.07. The van der Waals surface area contributed by atoms with Crippen LogP contribution in [0.3, 0.4) is 0 Å². The van der Waals surface area contributed by atoms with E-state index in [0.717, 1.165) is 5.56 Å². The molecule has 0 aliphatic heterocycles. The first-order chi connectivity index (χ1) is 8.50. The molecule has 0 amide bonds. The Bertz CT molecular complexity index is 630. The Kier molecular flexibility index (Phi) is 3.78. The number of hydrogen-bond acceptors (Lipinski definition) is 2. The molecule has 5 heteroatoms. The van der Waals surface area contributed by atoms with Gasteiger partial charge in [0.15, 0.2) is 5.82 Å². The van der Waals surface area contributed by atoms with Crippen LogP contribution in [-0.4, -0.2) is 10.8 Å². The molecule has 92 valence electrons. The van der Waals surface area contributed by atoms with E-state index >= 15 is 0 Å². The van der Waals surface area contributed by atoms with E-state index in [0.29, 0.717) is 4.47 Å². The van der Waals surface area contributed by atoms with Crippen molar-refractivity contribution in [2.75, 3.05) is 0 Å². The van der Waals surface area contributed by atoms with Crippen molar-refractivity contribution in [3.8, 4) is 0 Å². The number of rotatable bonds is 2. The van der Waals surface area contributed by atoms with Gasteiger partial charge in [-0.05, 0) is 52.7 Å². The van der Waals surface area contributed by atoms with Gasteiger partial charge < -0.3 is 0 Å². The second-order valence-corrected chi connectivity index (χ2v) is 5.00. The average molecular weight is 329 g/mol. The fourth-order valence-corrected chi connectivity index (χ4v) is 1.97. The van der Waals surface area contributed by atoms with Gasteiger partial charge in [0, 0.05) is 10.7 Å². The highest BCUT2D eigenvalue weighted by molar-refractivity contribution is 9.10. The molecule has 0 saturated heterocycles. The lowest BCUT2D eigenvalue weighted by atomic mass is 10.1. The summed E-state index contributed by atoms with van der Waals surface area (Å²) in [5.74, 6) is -1.22. The Morgan fingerprint density at radius 2 is 2.11 bits per heavy atom. The van der Waals surface area contributed by atoms with Crippen LogP contribution in [0.5, 0.6) is 0 Å². The molecule has 18 heavy (non-hydrogen) atoms. The number of benzene rings is 1. The van der Waals surface area contributed by atoms with E-state index in [4.69, 9.17) is 11.6 Å². The minimum atomic E-state index is -0.737. The molecule has 0 N–H and O–H groups in total. The number of hydrogen-bond donors (Lipinski definition) is 0. The molecule has 2 aromatic rings. The Morgan fingerprint density at radius 3 is 2.78 bits per heavy atom. The van der Waals surface area contributed by atoms with Crippen molar-refractivity contribution < 1.29 is 9.18 Å². The third kappa shape index (κ3) is 2.44. The van der Waals surface area contributed by atoms with Gasteiger partial charge in [0.05, 0.1) is 10.6 Å². The van der Waals surface area contributed by atoms with Crippen LogP contribution >= 0.6 is 27.5 Å². The Balaban J connectivity index is 2.50. The summed E-state index contributed by atoms with van der Waals surface area (Å²) in [7, 11) is 0. The fourth-order valence-electron chi connectivity index (χ4n) is 1.50. The van der Waals surface area contributed by atoms with Crippen molar-refractivity contribution in [3.05, 3.63) is 62.6 Å². The van der Waals surface area contributed by atoms with Crippen molar-refractivity contribution >= 4 is 33.3 Å². The summed E-state index contributed by atoms with van der Waals surface area (Å²) in [5, 5.41) is -0.103. The van der Waals surface area contributed by atoms with Crippen molar-refractivity contribution in [3.63, 3.8) is 0 Å². The summed E-state index contributed by atoms with van der Waals surface area (Å²) in [4.78, 5) is 16.0. The first-order valence-electron chi connectivity index (χ1n) is 5.11. The second kappa shape index (κ2) is 5.16. The van der Waals surface area contributed by atoms with Crippen LogP contribution in [0.4, 0.5) is 4.39 Å². The monoisotopic (exact) mass is 327 g/mol. The standard InChI is InChI=1S/C13H8BrClFNO/c1-7-4-5-17-10(6-7)13(18)8-2-3-9(14)11(15)12(8)16/h2-6H,1H3. The maximum absolute atomic E-state index is 13.9. The van der Waals surface area contributed by atoms with Gasteiger partial charge in [0.25, 0.3) is 0 Å². The zero-order valence-corrected chi connectivity index (χ0v) is 11.7. The summed E-state index contributed by atoms with van der Waals surface area (Å²) in [5.41, 5.74) is 1.01. The molecule has 2 rings (SSSR count). The third-order valence-corrected chi connectivity index (χ3v) is 3.69. The molecule has 0 atom stereocenters. The van der Waals surface area contributed by atoms with Crippen LogP contribution < -0.4 is 0 Å². The first-order valence-corrected chi connectivity index (χ1v) is 6.28. The lowest BCUT2D eigenvalue weighted by Gasteiger charge is -2.05. The van der Waals surface area contributed by atoms with Crippen molar-refractivity contribution in [2.24, 2.45) is 0 Å². The van der Waals surface area contributed by atoms with Crippen LogP contribution in [-0.2, 0) is 0 Å². The molecule has 0 radical (unpaired) electrons. The Hall–Kier alpha value is -1.26. The van der Waals surface area contributed by atoms with Gasteiger partial charge in [-0.25, -0.2) is 4.39 Å². The number of halogens is 3. The van der Waals surface area contributed by atoms with Gasteiger partial charge in [0.2, 0.25) is 5.78 Å². The minimum Gasteiger partial charge on any atom is -0.287 e. The highest BCUT2D eigenvalue weighted by Crippen LogP contribution is 2.28. The molecule has 0 saturated carbocycles. The van der Waals surface area contributed by atoms with E-state index < -0.39 is 11.6 Å².